The molecule has 0 saturated heterocycles. The Labute approximate surface area is 137 Å². The predicted molar refractivity (Wildman–Crippen MR) is 83.9 cm³/mol. The highest BCUT2D eigenvalue weighted by Crippen LogP contribution is 2.18. The monoisotopic (exact) mass is 327 g/mol. The molecule has 0 spiro atoms. The molecule has 0 bridgehead atoms. The number of tetrazole rings is 1. The lowest BCUT2D eigenvalue weighted by Gasteiger charge is -2.03. The van der Waals surface area contributed by atoms with Crippen LogP contribution in [0, 0.1) is 0 Å². The van der Waals surface area contributed by atoms with Crippen molar-refractivity contribution in [3.8, 4) is 11.4 Å². The van der Waals surface area contributed by atoms with Crippen molar-refractivity contribution in [1.82, 2.24) is 30.3 Å². The number of carbonyl (C=O) groups is 1. The van der Waals surface area contributed by atoms with E-state index in [0.29, 0.717) is 23.1 Å². The topological polar surface area (TPSA) is 126 Å². The van der Waals surface area contributed by atoms with Crippen LogP contribution in [-0.4, -0.2) is 36.3 Å². The van der Waals surface area contributed by atoms with Crippen molar-refractivity contribution in [1.29, 1.82) is 0 Å². The van der Waals surface area contributed by atoms with Crippen molar-refractivity contribution in [3.05, 3.63) is 41.5 Å². The zero-order chi connectivity index (χ0) is 17.1. The average Bonchev–Trinajstić information content (AvgIpc) is 3.24. The molecule has 0 saturated carbocycles. The Morgan fingerprint density at radius 2 is 2.08 bits per heavy atom. The van der Waals surface area contributed by atoms with Crippen LogP contribution >= 0.6 is 0 Å². The van der Waals surface area contributed by atoms with Gasteiger partial charge in [0.1, 0.15) is 6.04 Å². The first-order valence-corrected chi connectivity index (χ1v) is 7.60. The van der Waals surface area contributed by atoms with Crippen molar-refractivity contribution in [3.63, 3.8) is 0 Å². The van der Waals surface area contributed by atoms with Gasteiger partial charge in [0.05, 0.1) is 0 Å². The van der Waals surface area contributed by atoms with Crippen LogP contribution in [-0.2, 0) is 6.42 Å². The summed E-state index contributed by atoms with van der Waals surface area (Å²) in [5.74, 6) is 1.06. The van der Waals surface area contributed by atoms with Crippen LogP contribution in [0.5, 0.6) is 0 Å². The maximum atomic E-state index is 11.1. The number of rotatable bonds is 6. The summed E-state index contributed by atoms with van der Waals surface area (Å²) < 4.78 is 5.25. The van der Waals surface area contributed by atoms with Crippen LogP contribution < -0.4 is 5.73 Å². The highest BCUT2D eigenvalue weighted by Gasteiger charge is 2.19. The van der Waals surface area contributed by atoms with E-state index in [9.17, 15) is 4.79 Å². The van der Waals surface area contributed by atoms with Gasteiger partial charge in [-0.3, -0.25) is 4.79 Å². The van der Waals surface area contributed by atoms with Gasteiger partial charge < -0.3 is 10.3 Å². The third-order valence-electron chi connectivity index (χ3n) is 3.52. The second-order valence-electron chi connectivity index (χ2n) is 5.35. The average molecular weight is 327 g/mol. The molecule has 1 atom stereocenters. The Bertz CT molecular complexity index is 838. The number of nitrogens with zero attached hydrogens (tertiary/aromatic N) is 6. The van der Waals surface area contributed by atoms with Gasteiger partial charge in [0.2, 0.25) is 11.7 Å². The van der Waals surface area contributed by atoms with E-state index in [0.717, 1.165) is 18.4 Å². The first kappa shape index (κ1) is 15.8. The summed E-state index contributed by atoms with van der Waals surface area (Å²) in [4.78, 5) is 16.8. The third-order valence-corrected chi connectivity index (χ3v) is 3.52. The van der Waals surface area contributed by atoms with Crippen molar-refractivity contribution in [2.24, 2.45) is 5.73 Å². The van der Waals surface area contributed by atoms with E-state index < -0.39 is 5.91 Å². The Morgan fingerprint density at radius 1 is 1.33 bits per heavy atom. The van der Waals surface area contributed by atoms with Crippen LogP contribution in [0.3, 0.4) is 0 Å². The molecule has 0 aliphatic heterocycles. The summed E-state index contributed by atoms with van der Waals surface area (Å²) >= 11 is 0. The molecule has 24 heavy (non-hydrogen) atoms. The quantitative estimate of drug-likeness (QED) is 0.724. The minimum Gasteiger partial charge on any atom is -0.366 e. The normalized spacial score (nSPS) is 12.2. The van der Waals surface area contributed by atoms with Crippen molar-refractivity contribution in [2.45, 2.75) is 32.7 Å². The van der Waals surface area contributed by atoms with E-state index in [-0.39, 0.29) is 6.04 Å². The van der Waals surface area contributed by atoms with Gasteiger partial charge in [0, 0.05) is 17.5 Å². The summed E-state index contributed by atoms with van der Waals surface area (Å²) in [6.45, 7) is 3.90. The second kappa shape index (κ2) is 6.57. The Hall–Kier alpha value is -3.10. The summed E-state index contributed by atoms with van der Waals surface area (Å²) in [5.41, 5.74) is 6.38. The zero-order valence-electron chi connectivity index (χ0n) is 13.4. The molecular formula is C15H17N7O2. The summed E-state index contributed by atoms with van der Waals surface area (Å²) in [6, 6.07) is 6.36. The van der Waals surface area contributed by atoms with Crippen LogP contribution in [0.25, 0.3) is 11.4 Å². The number of amides is 1. The molecule has 9 heteroatoms. The first-order chi connectivity index (χ1) is 11.6. The minimum atomic E-state index is -0.480. The van der Waals surface area contributed by atoms with E-state index in [1.807, 2.05) is 13.8 Å². The van der Waals surface area contributed by atoms with E-state index in [4.69, 9.17) is 10.3 Å². The second-order valence-corrected chi connectivity index (χ2v) is 5.35. The number of hydrogen-bond donors (Lipinski definition) is 1. The predicted octanol–water partition coefficient (Wildman–Crippen LogP) is 1.38. The fourth-order valence-electron chi connectivity index (χ4n) is 2.15. The van der Waals surface area contributed by atoms with E-state index >= 15 is 0 Å². The van der Waals surface area contributed by atoms with Crippen LogP contribution in [0.1, 0.15) is 48.4 Å². The molecule has 3 aromatic rings. The number of aryl methyl sites for hydroxylation is 1. The molecule has 2 heterocycles. The third kappa shape index (κ3) is 3.14. The number of hydrogen-bond acceptors (Lipinski definition) is 7. The molecule has 2 N–H and O–H groups in total. The lowest BCUT2D eigenvalue weighted by Crippen LogP contribution is -2.11. The molecular weight excluding hydrogens is 310 g/mol. The largest absolute Gasteiger partial charge is 0.366 e. The van der Waals surface area contributed by atoms with Crippen LogP contribution in [0.4, 0.5) is 0 Å². The molecule has 3 rings (SSSR count). The number of carbonyl (C=O) groups excluding carboxylic acids is 1. The molecule has 1 aromatic carbocycles. The van der Waals surface area contributed by atoms with Gasteiger partial charge in [-0.15, -0.1) is 10.2 Å². The maximum absolute atomic E-state index is 11.1. The van der Waals surface area contributed by atoms with E-state index in [2.05, 4.69) is 25.6 Å². The Balaban J connectivity index is 1.80. The zero-order valence-corrected chi connectivity index (χ0v) is 13.4. The van der Waals surface area contributed by atoms with Gasteiger partial charge in [-0.2, -0.15) is 9.78 Å². The molecule has 0 aliphatic rings. The lowest BCUT2D eigenvalue weighted by atomic mass is 10.1. The summed E-state index contributed by atoms with van der Waals surface area (Å²) in [5, 5.41) is 16.3. The number of nitrogens with two attached hydrogens (primary N) is 1. The van der Waals surface area contributed by atoms with Crippen LogP contribution in [0.2, 0.25) is 0 Å². The van der Waals surface area contributed by atoms with E-state index in [1.54, 1.807) is 24.3 Å². The molecule has 1 unspecified atom stereocenters. The standard InChI is InChI=1S/C15H17N7O2/c1-3-4-12-17-15(24-20-12)9(2)22-19-14(18-21-22)11-7-5-10(6-8-11)13(16)23/h5-9H,3-4H2,1-2H3,(H2,16,23). The van der Waals surface area contributed by atoms with Crippen molar-refractivity contribution >= 4 is 5.91 Å². The van der Waals surface area contributed by atoms with Gasteiger partial charge >= 0.3 is 0 Å². The van der Waals surface area contributed by atoms with Crippen molar-refractivity contribution < 1.29 is 9.32 Å². The molecule has 2 aromatic heterocycles. The first-order valence-electron chi connectivity index (χ1n) is 7.60. The molecule has 0 radical (unpaired) electrons. The smallest absolute Gasteiger partial charge is 0.253 e. The lowest BCUT2D eigenvalue weighted by molar-refractivity contribution is 0.100. The SMILES string of the molecule is CCCc1noc(C(C)n2nnc(-c3ccc(C(N)=O)cc3)n2)n1. The molecule has 9 nitrogen and oxygen atoms in total. The van der Waals surface area contributed by atoms with Gasteiger partial charge in [-0.1, -0.05) is 24.2 Å². The molecule has 124 valence electrons. The van der Waals surface area contributed by atoms with Gasteiger partial charge in [-0.25, -0.2) is 0 Å². The highest BCUT2D eigenvalue weighted by atomic mass is 16.5. The van der Waals surface area contributed by atoms with E-state index in [1.165, 1.54) is 4.80 Å². The minimum absolute atomic E-state index is 0.325. The Morgan fingerprint density at radius 3 is 2.75 bits per heavy atom. The number of benzene rings is 1. The number of aromatic nitrogens is 6. The van der Waals surface area contributed by atoms with Crippen molar-refractivity contribution in [2.75, 3.05) is 0 Å². The van der Waals surface area contributed by atoms with Gasteiger partial charge in [0.25, 0.3) is 5.89 Å². The summed E-state index contributed by atoms with van der Waals surface area (Å²) in [7, 11) is 0. The highest BCUT2D eigenvalue weighted by molar-refractivity contribution is 5.93. The molecule has 0 aliphatic carbocycles. The maximum Gasteiger partial charge on any atom is 0.253 e. The van der Waals surface area contributed by atoms with Gasteiger partial charge in [-0.05, 0) is 30.7 Å². The van der Waals surface area contributed by atoms with Gasteiger partial charge in [0.15, 0.2) is 5.82 Å². The molecule has 1 amide bonds. The number of primary amides is 1. The Kier molecular flexibility index (Phi) is 4.32. The fraction of sp³-hybridized carbons (Fsp3) is 0.333. The van der Waals surface area contributed by atoms with Crippen LogP contribution in [0.15, 0.2) is 28.8 Å². The molecule has 0 fully saturated rings. The summed E-state index contributed by atoms with van der Waals surface area (Å²) in [6.07, 6.45) is 1.71. The fourth-order valence-corrected chi connectivity index (χ4v) is 2.15.